The van der Waals surface area contributed by atoms with Gasteiger partial charge in [-0.05, 0) is 53.4 Å². The maximum atomic E-state index is 13.9. The van der Waals surface area contributed by atoms with E-state index >= 15 is 0 Å². The fourth-order valence-electron chi connectivity index (χ4n) is 4.79. The van der Waals surface area contributed by atoms with Crippen LogP contribution in [0.25, 0.3) is 0 Å². The van der Waals surface area contributed by atoms with Crippen LogP contribution in [0, 0.1) is 5.82 Å². The molecular weight excluding hydrogens is 503 g/mol. The van der Waals surface area contributed by atoms with Gasteiger partial charge in [0.15, 0.2) is 0 Å². The second-order valence-corrected chi connectivity index (χ2v) is 9.80. The zero-order valence-corrected chi connectivity index (χ0v) is 20.6. The molecule has 7 nitrogen and oxygen atoms in total. The number of benzene rings is 3. The van der Waals surface area contributed by atoms with E-state index in [1.54, 1.807) is 30.3 Å². The SMILES string of the molecule is OC[C@H]1O[C@@H](c2ccc(Cl)c(Cc3ccc(OCC4Cc5c(F)cccc5O4)cc3)c2)[C@H](O)[C@@H](O)[C@@H]1O. The molecule has 0 radical (unpaired) electrons. The summed E-state index contributed by atoms with van der Waals surface area (Å²) in [5, 5.41) is 40.6. The number of fused-ring (bicyclic) bond motifs is 1. The highest BCUT2D eigenvalue weighted by Crippen LogP contribution is 2.35. The van der Waals surface area contributed by atoms with Crippen LogP contribution in [0.15, 0.2) is 60.7 Å². The summed E-state index contributed by atoms with van der Waals surface area (Å²) in [6.45, 7) is -0.201. The van der Waals surface area contributed by atoms with Crippen molar-refractivity contribution in [2.75, 3.05) is 13.2 Å². The summed E-state index contributed by atoms with van der Waals surface area (Å²) >= 11 is 6.43. The molecule has 0 amide bonds. The van der Waals surface area contributed by atoms with E-state index in [0.29, 0.717) is 47.1 Å². The highest BCUT2D eigenvalue weighted by molar-refractivity contribution is 6.31. The Morgan fingerprint density at radius 1 is 0.973 bits per heavy atom. The molecule has 0 spiro atoms. The van der Waals surface area contributed by atoms with Gasteiger partial charge < -0.3 is 34.6 Å². The lowest BCUT2D eigenvalue weighted by atomic mass is 9.90. The minimum atomic E-state index is -1.45. The highest BCUT2D eigenvalue weighted by atomic mass is 35.5. The number of hydrogen-bond acceptors (Lipinski definition) is 7. The molecule has 0 saturated carbocycles. The number of hydrogen-bond donors (Lipinski definition) is 4. The van der Waals surface area contributed by atoms with Crippen molar-refractivity contribution in [2.45, 2.75) is 49.5 Å². The molecule has 1 unspecified atom stereocenters. The van der Waals surface area contributed by atoms with Crippen LogP contribution in [-0.2, 0) is 17.6 Å². The number of halogens is 2. The first-order valence-electron chi connectivity index (χ1n) is 12.1. The van der Waals surface area contributed by atoms with E-state index in [2.05, 4.69) is 0 Å². The molecule has 2 heterocycles. The molecule has 37 heavy (non-hydrogen) atoms. The van der Waals surface area contributed by atoms with E-state index in [1.165, 1.54) is 6.07 Å². The van der Waals surface area contributed by atoms with Gasteiger partial charge in [0.25, 0.3) is 0 Å². The van der Waals surface area contributed by atoms with Gasteiger partial charge in [-0.15, -0.1) is 0 Å². The number of aliphatic hydroxyl groups is 4. The van der Waals surface area contributed by atoms with E-state index in [4.69, 9.17) is 25.8 Å². The fraction of sp³-hybridized carbons (Fsp3) is 0.357. The molecule has 1 saturated heterocycles. The van der Waals surface area contributed by atoms with Gasteiger partial charge in [-0.25, -0.2) is 4.39 Å². The Bertz CT molecular complexity index is 1240. The number of ether oxygens (including phenoxy) is 3. The van der Waals surface area contributed by atoms with Crippen LogP contribution in [0.4, 0.5) is 4.39 Å². The summed E-state index contributed by atoms with van der Waals surface area (Å²) in [7, 11) is 0. The normalized spacial score (nSPS) is 27.0. The average Bonchev–Trinajstić information content (AvgIpc) is 3.33. The molecule has 9 heteroatoms. The Morgan fingerprint density at radius 2 is 1.76 bits per heavy atom. The standard InChI is InChI=1S/C28H28ClFO7/c29-21-9-6-16(28-27(34)26(33)25(32)24(13-31)37-28)11-17(21)10-15-4-7-18(8-5-15)35-14-19-12-20-22(30)2-1-3-23(20)36-19/h1-9,11,19,24-28,31-34H,10,12-14H2/t19?,24-,25-,26+,27-,28+/m1/s1. The maximum absolute atomic E-state index is 13.9. The Balaban J connectivity index is 1.22. The Labute approximate surface area is 218 Å². The third-order valence-corrected chi connectivity index (χ3v) is 7.21. The quantitative estimate of drug-likeness (QED) is 0.372. The van der Waals surface area contributed by atoms with Crippen LogP contribution in [-0.4, -0.2) is 64.2 Å². The van der Waals surface area contributed by atoms with E-state index in [9.17, 15) is 24.8 Å². The largest absolute Gasteiger partial charge is 0.490 e. The fourth-order valence-corrected chi connectivity index (χ4v) is 4.97. The monoisotopic (exact) mass is 530 g/mol. The lowest BCUT2D eigenvalue weighted by Gasteiger charge is -2.40. The molecule has 196 valence electrons. The lowest BCUT2D eigenvalue weighted by Crippen LogP contribution is -2.55. The molecule has 0 bridgehead atoms. The summed E-state index contributed by atoms with van der Waals surface area (Å²) in [5.41, 5.74) is 2.90. The number of aliphatic hydroxyl groups excluding tert-OH is 4. The van der Waals surface area contributed by atoms with Gasteiger partial charge in [0, 0.05) is 17.0 Å². The predicted octanol–water partition coefficient (Wildman–Crippen LogP) is 2.97. The third-order valence-electron chi connectivity index (χ3n) is 6.85. The second-order valence-electron chi connectivity index (χ2n) is 9.39. The molecule has 3 aromatic rings. The molecular formula is C28H28ClFO7. The molecule has 0 aromatic heterocycles. The van der Waals surface area contributed by atoms with Gasteiger partial charge in [-0.1, -0.05) is 41.9 Å². The summed E-state index contributed by atoms with van der Waals surface area (Å²) in [6, 6.07) is 17.5. The zero-order chi connectivity index (χ0) is 26.1. The first-order chi connectivity index (χ1) is 17.8. The van der Waals surface area contributed by atoms with Crippen molar-refractivity contribution in [2.24, 2.45) is 0 Å². The molecule has 1 fully saturated rings. The van der Waals surface area contributed by atoms with Crippen molar-refractivity contribution < 1.29 is 39.0 Å². The smallest absolute Gasteiger partial charge is 0.137 e. The molecule has 3 aromatic carbocycles. The highest BCUT2D eigenvalue weighted by Gasteiger charge is 2.44. The summed E-state index contributed by atoms with van der Waals surface area (Å²) in [5.74, 6) is 0.954. The maximum Gasteiger partial charge on any atom is 0.137 e. The van der Waals surface area contributed by atoms with Crippen molar-refractivity contribution in [3.8, 4) is 11.5 Å². The molecule has 0 aliphatic carbocycles. The first-order valence-corrected chi connectivity index (χ1v) is 12.5. The Morgan fingerprint density at radius 3 is 2.49 bits per heavy atom. The predicted molar refractivity (Wildman–Crippen MR) is 133 cm³/mol. The van der Waals surface area contributed by atoms with Gasteiger partial charge in [-0.2, -0.15) is 0 Å². The Kier molecular flexibility index (Phi) is 7.67. The van der Waals surface area contributed by atoms with E-state index in [-0.39, 0.29) is 11.9 Å². The summed E-state index contributed by atoms with van der Waals surface area (Å²) in [6.07, 6.45) is -5.45. The zero-order valence-electron chi connectivity index (χ0n) is 19.8. The molecule has 2 aliphatic rings. The van der Waals surface area contributed by atoms with Gasteiger partial charge >= 0.3 is 0 Å². The van der Waals surface area contributed by atoms with E-state index in [0.717, 1.165) is 11.1 Å². The topological polar surface area (TPSA) is 109 Å². The van der Waals surface area contributed by atoms with Gasteiger partial charge in [-0.3, -0.25) is 0 Å². The molecule has 5 rings (SSSR count). The van der Waals surface area contributed by atoms with Crippen LogP contribution >= 0.6 is 11.6 Å². The minimum Gasteiger partial charge on any atom is -0.490 e. The van der Waals surface area contributed by atoms with E-state index < -0.39 is 37.1 Å². The van der Waals surface area contributed by atoms with Crippen molar-refractivity contribution in [3.05, 3.63) is 93.8 Å². The first kappa shape index (κ1) is 25.9. The van der Waals surface area contributed by atoms with Crippen molar-refractivity contribution in [1.82, 2.24) is 0 Å². The van der Waals surface area contributed by atoms with Crippen molar-refractivity contribution in [1.29, 1.82) is 0 Å². The van der Waals surface area contributed by atoms with Crippen LogP contribution in [0.5, 0.6) is 11.5 Å². The van der Waals surface area contributed by atoms with E-state index in [1.807, 2.05) is 24.3 Å². The van der Waals surface area contributed by atoms with Crippen molar-refractivity contribution >= 4 is 11.6 Å². The van der Waals surface area contributed by atoms with Crippen LogP contribution in [0.3, 0.4) is 0 Å². The van der Waals surface area contributed by atoms with Gasteiger partial charge in [0.2, 0.25) is 0 Å². The molecule has 4 N–H and O–H groups in total. The van der Waals surface area contributed by atoms with Gasteiger partial charge in [0.05, 0.1) is 6.61 Å². The summed E-state index contributed by atoms with van der Waals surface area (Å²) < 4.78 is 31.2. The Hall–Kier alpha value is -2.72. The van der Waals surface area contributed by atoms with Gasteiger partial charge in [0.1, 0.15) is 60.5 Å². The molecule has 2 aliphatic heterocycles. The second kappa shape index (κ2) is 10.9. The average molecular weight is 531 g/mol. The third kappa shape index (κ3) is 5.45. The van der Waals surface area contributed by atoms with Crippen LogP contribution < -0.4 is 9.47 Å². The van der Waals surface area contributed by atoms with Crippen LogP contribution in [0.1, 0.15) is 28.4 Å². The van der Waals surface area contributed by atoms with Crippen molar-refractivity contribution in [3.63, 3.8) is 0 Å². The molecule has 6 atom stereocenters. The number of rotatable bonds is 7. The summed E-state index contributed by atoms with van der Waals surface area (Å²) in [4.78, 5) is 0. The minimum absolute atomic E-state index is 0.254. The van der Waals surface area contributed by atoms with Crippen LogP contribution in [0.2, 0.25) is 5.02 Å². The lowest BCUT2D eigenvalue weighted by molar-refractivity contribution is -0.231.